The van der Waals surface area contributed by atoms with Gasteiger partial charge in [-0.15, -0.1) is 0 Å². The van der Waals surface area contributed by atoms with E-state index in [9.17, 15) is 0 Å². The molecule has 0 aliphatic heterocycles. The van der Waals surface area contributed by atoms with Gasteiger partial charge in [0.15, 0.2) is 0 Å². The van der Waals surface area contributed by atoms with Gasteiger partial charge in [-0.25, -0.2) is 0 Å². The van der Waals surface area contributed by atoms with Crippen LogP contribution in [0.2, 0.25) is 0 Å². The van der Waals surface area contributed by atoms with Crippen molar-refractivity contribution < 1.29 is 0 Å². The van der Waals surface area contributed by atoms with Gasteiger partial charge in [0.2, 0.25) is 0 Å². The summed E-state index contributed by atoms with van der Waals surface area (Å²) in [5.41, 5.74) is 8.97. The summed E-state index contributed by atoms with van der Waals surface area (Å²) >= 11 is 0. The van der Waals surface area contributed by atoms with E-state index in [1.807, 2.05) is 6.92 Å². The Morgan fingerprint density at radius 2 is 2.06 bits per heavy atom. The lowest BCUT2D eigenvalue weighted by molar-refractivity contribution is 0.336. The van der Waals surface area contributed by atoms with Crippen LogP contribution in [0.25, 0.3) is 10.9 Å². The molecular weight excluding hydrogens is 210 g/mol. The Hall–Kier alpha value is -1.45. The molecule has 0 aliphatic carbocycles. The van der Waals surface area contributed by atoms with Crippen LogP contribution in [-0.4, -0.2) is 30.0 Å². The lowest BCUT2D eigenvalue weighted by Crippen LogP contribution is -2.24. The SMILES string of the molecule is Cc1ccc2cc(CN(C)CCN)ccc2n1. The number of aromatic nitrogens is 1. The van der Waals surface area contributed by atoms with Gasteiger partial charge in [-0.3, -0.25) is 4.98 Å². The maximum Gasteiger partial charge on any atom is 0.0705 e. The van der Waals surface area contributed by atoms with Crippen LogP contribution in [0.3, 0.4) is 0 Å². The van der Waals surface area contributed by atoms with E-state index in [0.29, 0.717) is 6.54 Å². The van der Waals surface area contributed by atoms with E-state index in [1.165, 1.54) is 10.9 Å². The highest BCUT2D eigenvalue weighted by Crippen LogP contribution is 2.15. The summed E-state index contributed by atoms with van der Waals surface area (Å²) in [6.45, 7) is 4.57. The molecule has 17 heavy (non-hydrogen) atoms. The topological polar surface area (TPSA) is 42.1 Å². The highest BCUT2D eigenvalue weighted by Gasteiger charge is 2.01. The number of rotatable bonds is 4. The summed E-state index contributed by atoms with van der Waals surface area (Å²) in [6.07, 6.45) is 0. The van der Waals surface area contributed by atoms with Crippen molar-refractivity contribution in [3.05, 3.63) is 41.6 Å². The Bertz CT molecular complexity index is 508. The first-order valence-electron chi connectivity index (χ1n) is 5.94. The van der Waals surface area contributed by atoms with Gasteiger partial charge >= 0.3 is 0 Å². The van der Waals surface area contributed by atoms with Gasteiger partial charge in [0.1, 0.15) is 0 Å². The van der Waals surface area contributed by atoms with E-state index in [4.69, 9.17) is 5.73 Å². The number of hydrogen-bond donors (Lipinski definition) is 1. The lowest BCUT2D eigenvalue weighted by Gasteiger charge is -2.15. The summed E-state index contributed by atoms with van der Waals surface area (Å²) in [6, 6.07) is 10.6. The monoisotopic (exact) mass is 229 g/mol. The Labute approximate surface area is 102 Å². The molecule has 0 saturated heterocycles. The zero-order chi connectivity index (χ0) is 12.3. The molecule has 2 aromatic rings. The molecule has 1 aromatic heterocycles. The third kappa shape index (κ3) is 3.02. The summed E-state index contributed by atoms with van der Waals surface area (Å²) in [4.78, 5) is 6.72. The Balaban J connectivity index is 2.23. The zero-order valence-corrected chi connectivity index (χ0v) is 10.5. The minimum Gasteiger partial charge on any atom is -0.329 e. The summed E-state index contributed by atoms with van der Waals surface area (Å²) in [5, 5.41) is 1.20. The fourth-order valence-corrected chi connectivity index (χ4v) is 1.99. The minimum absolute atomic E-state index is 0.699. The van der Waals surface area contributed by atoms with Gasteiger partial charge in [0, 0.05) is 30.7 Å². The second-order valence-corrected chi connectivity index (χ2v) is 4.51. The molecule has 0 radical (unpaired) electrons. The molecule has 1 aromatic carbocycles. The zero-order valence-electron chi connectivity index (χ0n) is 10.5. The normalized spacial score (nSPS) is 11.3. The maximum absolute atomic E-state index is 5.54. The predicted molar refractivity (Wildman–Crippen MR) is 71.9 cm³/mol. The molecule has 0 spiro atoms. The first kappa shape index (κ1) is 12.0. The van der Waals surface area contributed by atoms with E-state index in [-0.39, 0.29) is 0 Å². The van der Waals surface area contributed by atoms with Crippen LogP contribution in [-0.2, 0) is 6.54 Å². The number of fused-ring (bicyclic) bond motifs is 1. The quantitative estimate of drug-likeness (QED) is 0.871. The highest BCUT2D eigenvalue weighted by atomic mass is 15.1. The molecule has 90 valence electrons. The van der Waals surface area contributed by atoms with E-state index in [2.05, 4.69) is 47.3 Å². The van der Waals surface area contributed by atoms with Crippen molar-refractivity contribution in [2.45, 2.75) is 13.5 Å². The van der Waals surface area contributed by atoms with Crippen LogP contribution in [0, 0.1) is 6.92 Å². The summed E-state index contributed by atoms with van der Waals surface area (Å²) in [5.74, 6) is 0. The standard InChI is InChI=1S/C14H19N3/c1-11-3-5-13-9-12(4-6-14(13)16-11)10-17(2)8-7-15/h3-6,9H,7-8,10,15H2,1-2H3. The van der Waals surface area contributed by atoms with Gasteiger partial charge < -0.3 is 10.6 Å². The second-order valence-electron chi connectivity index (χ2n) is 4.51. The molecule has 0 bridgehead atoms. The fourth-order valence-electron chi connectivity index (χ4n) is 1.99. The number of hydrogen-bond acceptors (Lipinski definition) is 3. The van der Waals surface area contributed by atoms with E-state index in [1.54, 1.807) is 0 Å². The van der Waals surface area contributed by atoms with Crippen LogP contribution < -0.4 is 5.73 Å². The molecule has 3 heteroatoms. The second kappa shape index (κ2) is 5.25. The van der Waals surface area contributed by atoms with Crippen molar-refractivity contribution in [3.63, 3.8) is 0 Å². The third-order valence-electron chi connectivity index (χ3n) is 2.86. The fraction of sp³-hybridized carbons (Fsp3) is 0.357. The lowest BCUT2D eigenvalue weighted by atomic mass is 10.1. The van der Waals surface area contributed by atoms with Crippen LogP contribution >= 0.6 is 0 Å². The van der Waals surface area contributed by atoms with Gasteiger partial charge in [-0.1, -0.05) is 12.1 Å². The summed E-state index contributed by atoms with van der Waals surface area (Å²) in [7, 11) is 2.09. The minimum atomic E-state index is 0.699. The molecule has 2 N–H and O–H groups in total. The van der Waals surface area contributed by atoms with Crippen molar-refractivity contribution >= 4 is 10.9 Å². The van der Waals surface area contributed by atoms with Gasteiger partial charge in [-0.05, 0) is 37.7 Å². The van der Waals surface area contributed by atoms with E-state index < -0.39 is 0 Å². The molecule has 2 rings (SSSR count). The number of likely N-dealkylation sites (N-methyl/N-ethyl adjacent to an activating group) is 1. The average Bonchev–Trinajstić information content (AvgIpc) is 2.29. The van der Waals surface area contributed by atoms with E-state index in [0.717, 1.165) is 24.3 Å². The molecule has 1 heterocycles. The molecule has 0 atom stereocenters. The maximum atomic E-state index is 5.54. The van der Waals surface area contributed by atoms with Crippen molar-refractivity contribution in [3.8, 4) is 0 Å². The Morgan fingerprint density at radius 3 is 2.82 bits per heavy atom. The van der Waals surface area contributed by atoms with Crippen molar-refractivity contribution in [1.29, 1.82) is 0 Å². The molecule has 0 fully saturated rings. The predicted octanol–water partition coefficient (Wildman–Crippen LogP) is 1.93. The molecule has 0 amide bonds. The number of benzene rings is 1. The largest absolute Gasteiger partial charge is 0.329 e. The first-order chi connectivity index (χ1) is 8.19. The van der Waals surface area contributed by atoms with Crippen molar-refractivity contribution in [2.24, 2.45) is 5.73 Å². The molecule has 0 unspecified atom stereocenters. The van der Waals surface area contributed by atoms with Crippen LogP contribution in [0.4, 0.5) is 0 Å². The first-order valence-corrected chi connectivity index (χ1v) is 5.94. The van der Waals surface area contributed by atoms with Crippen LogP contribution in [0.1, 0.15) is 11.3 Å². The Kier molecular flexibility index (Phi) is 3.71. The number of nitrogens with zero attached hydrogens (tertiary/aromatic N) is 2. The number of pyridine rings is 1. The number of nitrogens with two attached hydrogens (primary N) is 1. The molecule has 0 aliphatic rings. The molecule has 3 nitrogen and oxygen atoms in total. The Morgan fingerprint density at radius 1 is 1.24 bits per heavy atom. The van der Waals surface area contributed by atoms with Crippen LogP contribution in [0.5, 0.6) is 0 Å². The van der Waals surface area contributed by atoms with Gasteiger partial charge in [0.25, 0.3) is 0 Å². The van der Waals surface area contributed by atoms with Gasteiger partial charge in [-0.2, -0.15) is 0 Å². The third-order valence-corrected chi connectivity index (χ3v) is 2.86. The van der Waals surface area contributed by atoms with E-state index >= 15 is 0 Å². The van der Waals surface area contributed by atoms with Crippen LogP contribution in [0.15, 0.2) is 30.3 Å². The number of aryl methyl sites for hydroxylation is 1. The summed E-state index contributed by atoms with van der Waals surface area (Å²) < 4.78 is 0. The average molecular weight is 229 g/mol. The van der Waals surface area contributed by atoms with Crippen molar-refractivity contribution in [1.82, 2.24) is 9.88 Å². The smallest absolute Gasteiger partial charge is 0.0705 e. The highest BCUT2D eigenvalue weighted by molar-refractivity contribution is 5.79. The van der Waals surface area contributed by atoms with Crippen molar-refractivity contribution in [2.75, 3.05) is 20.1 Å². The van der Waals surface area contributed by atoms with Gasteiger partial charge in [0.05, 0.1) is 5.52 Å². The molecule has 0 saturated carbocycles. The molecular formula is C14H19N3.